The molecule has 0 atom stereocenters. The van der Waals surface area contributed by atoms with Crippen molar-refractivity contribution in [2.45, 2.75) is 39.5 Å². The molecule has 0 heterocycles. The van der Waals surface area contributed by atoms with Gasteiger partial charge in [-0.05, 0) is 56.8 Å². The fourth-order valence-electron chi connectivity index (χ4n) is 2.42. The van der Waals surface area contributed by atoms with E-state index in [4.69, 9.17) is 21.0 Å². The van der Waals surface area contributed by atoms with Crippen LogP contribution in [0.25, 0.3) is 0 Å². The van der Waals surface area contributed by atoms with Gasteiger partial charge >= 0.3 is 0 Å². The lowest BCUT2D eigenvalue weighted by atomic mass is 10.2. The van der Waals surface area contributed by atoms with E-state index in [1.54, 1.807) is 24.6 Å². The number of hydrogen-bond acceptors (Lipinski definition) is 6. The Labute approximate surface area is 169 Å². The minimum absolute atomic E-state index is 0.0349. The van der Waals surface area contributed by atoms with E-state index in [0.29, 0.717) is 0 Å². The maximum Gasteiger partial charge on any atom is 0.129 e. The van der Waals surface area contributed by atoms with Crippen LogP contribution >= 0.6 is 0 Å². The number of hydrogen-bond donors (Lipinski definition) is 0. The molecular weight excluding hydrogens is 348 g/mol. The predicted octanol–water partition coefficient (Wildman–Crippen LogP) is 4.17. The lowest BCUT2D eigenvalue weighted by molar-refractivity contribution is 0.294. The molecule has 0 aliphatic heterocycles. The van der Waals surface area contributed by atoms with Gasteiger partial charge in [-0.1, -0.05) is 26.7 Å². The maximum atomic E-state index is 8.77. The average Bonchev–Trinajstić information content (AvgIpc) is 2.73. The van der Waals surface area contributed by atoms with Crippen LogP contribution in [0.15, 0.2) is 47.9 Å². The molecule has 0 aromatic carbocycles. The highest BCUT2D eigenvalue weighted by Gasteiger charge is 1.99. The van der Waals surface area contributed by atoms with Gasteiger partial charge in [0.2, 0.25) is 0 Å². The summed E-state index contributed by atoms with van der Waals surface area (Å²) >= 11 is 0. The van der Waals surface area contributed by atoms with Gasteiger partial charge in [-0.3, -0.25) is 0 Å². The van der Waals surface area contributed by atoms with E-state index >= 15 is 0 Å². The van der Waals surface area contributed by atoms with Crippen molar-refractivity contribution < 1.29 is 0 Å². The molecular formula is C22H28N6. The Balaban J connectivity index is 4.70. The van der Waals surface area contributed by atoms with Crippen LogP contribution in [0.3, 0.4) is 0 Å². The standard InChI is InChI=1S/C22H28N6/c1-3-27(4-2)13-7-5-6-8-14-28(15-9-11-21(17-23)18-24)16-10-12-22(19-25)20-26/h9-12,15-16H,3-8,13-14H2,1-2H3. The van der Waals surface area contributed by atoms with Crippen molar-refractivity contribution in [3.8, 4) is 24.3 Å². The highest BCUT2D eigenvalue weighted by Crippen LogP contribution is 2.05. The fourth-order valence-corrected chi connectivity index (χ4v) is 2.42. The summed E-state index contributed by atoms with van der Waals surface area (Å²) in [7, 11) is 0. The average molecular weight is 377 g/mol. The van der Waals surface area contributed by atoms with Gasteiger partial charge < -0.3 is 9.80 Å². The zero-order chi connectivity index (χ0) is 21.0. The summed E-state index contributed by atoms with van der Waals surface area (Å²) in [5, 5.41) is 35.1. The normalized spacial score (nSPS) is 10.1. The molecule has 0 radical (unpaired) electrons. The van der Waals surface area contributed by atoms with Crippen molar-refractivity contribution in [1.29, 1.82) is 21.0 Å². The molecule has 0 spiro atoms. The van der Waals surface area contributed by atoms with Crippen molar-refractivity contribution in [2.75, 3.05) is 26.2 Å². The van der Waals surface area contributed by atoms with Gasteiger partial charge in [-0.2, -0.15) is 21.0 Å². The van der Waals surface area contributed by atoms with Crippen LogP contribution in [0, 0.1) is 45.3 Å². The first-order chi connectivity index (χ1) is 13.6. The Morgan fingerprint density at radius 1 is 0.679 bits per heavy atom. The second-order valence-electron chi connectivity index (χ2n) is 5.97. The van der Waals surface area contributed by atoms with Gasteiger partial charge in [0, 0.05) is 18.9 Å². The largest absolute Gasteiger partial charge is 0.354 e. The first-order valence-electron chi connectivity index (χ1n) is 9.50. The highest BCUT2D eigenvalue weighted by atomic mass is 15.1. The zero-order valence-electron chi connectivity index (χ0n) is 16.8. The maximum absolute atomic E-state index is 8.77. The van der Waals surface area contributed by atoms with Gasteiger partial charge in [0.1, 0.15) is 35.4 Å². The minimum Gasteiger partial charge on any atom is -0.354 e. The Morgan fingerprint density at radius 2 is 1.11 bits per heavy atom. The molecule has 146 valence electrons. The van der Waals surface area contributed by atoms with Crippen molar-refractivity contribution >= 4 is 0 Å². The van der Waals surface area contributed by atoms with Crippen LogP contribution in [0.4, 0.5) is 0 Å². The molecule has 0 aromatic rings. The van der Waals surface area contributed by atoms with Crippen LogP contribution in [0.1, 0.15) is 39.5 Å². The van der Waals surface area contributed by atoms with Crippen LogP contribution in [-0.4, -0.2) is 36.0 Å². The van der Waals surface area contributed by atoms with Crippen LogP contribution < -0.4 is 0 Å². The van der Waals surface area contributed by atoms with Gasteiger partial charge in [-0.25, -0.2) is 0 Å². The monoisotopic (exact) mass is 376 g/mol. The van der Waals surface area contributed by atoms with Crippen LogP contribution in [0.5, 0.6) is 0 Å². The molecule has 0 saturated heterocycles. The molecule has 6 nitrogen and oxygen atoms in total. The van der Waals surface area contributed by atoms with Crippen LogP contribution in [-0.2, 0) is 0 Å². The third-order valence-corrected chi connectivity index (χ3v) is 4.10. The lowest BCUT2D eigenvalue weighted by Crippen LogP contribution is -2.23. The van der Waals surface area contributed by atoms with E-state index in [2.05, 4.69) is 18.7 Å². The fraction of sp³-hybridized carbons (Fsp3) is 0.455. The first-order valence-corrected chi connectivity index (χ1v) is 9.50. The zero-order valence-corrected chi connectivity index (χ0v) is 16.8. The molecule has 0 fully saturated rings. The van der Waals surface area contributed by atoms with Crippen molar-refractivity contribution in [2.24, 2.45) is 0 Å². The van der Waals surface area contributed by atoms with E-state index in [1.165, 1.54) is 18.6 Å². The van der Waals surface area contributed by atoms with Crippen molar-refractivity contribution in [1.82, 2.24) is 9.80 Å². The number of nitrogens with zero attached hydrogens (tertiary/aromatic N) is 6. The second kappa shape index (κ2) is 17.1. The van der Waals surface area contributed by atoms with Crippen LogP contribution in [0.2, 0.25) is 0 Å². The van der Waals surface area contributed by atoms with Crippen molar-refractivity contribution in [3.63, 3.8) is 0 Å². The lowest BCUT2D eigenvalue weighted by Gasteiger charge is -2.18. The van der Waals surface area contributed by atoms with E-state index in [9.17, 15) is 0 Å². The summed E-state index contributed by atoms with van der Waals surface area (Å²) in [4.78, 5) is 4.33. The van der Waals surface area contributed by atoms with E-state index in [-0.39, 0.29) is 11.1 Å². The second-order valence-corrected chi connectivity index (χ2v) is 5.97. The third kappa shape index (κ3) is 12.1. The molecule has 0 aliphatic carbocycles. The van der Waals surface area contributed by atoms with Gasteiger partial charge in [0.15, 0.2) is 0 Å². The third-order valence-electron chi connectivity index (χ3n) is 4.10. The molecule has 0 N–H and O–H groups in total. The number of allylic oxidation sites excluding steroid dienone is 6. The van der Waals surface area contributed by atoms with Gasteiger partial charge in [0.05, 0.1) is 0 Å². The molecule has 0 amide bonds. The predicted molar refractivity (Wildman–Crippen MR) is 110 cm³/mol. The molecule has 0 unspecified atom stereocenters. The molecule has 0 bridgehead atoms. The van der Waals surface area contributed by atoms with Gasteiger partial charge in [0.25, 0.3) is 0 Å². The minimum atomic E-state index is 0.0349. The summed E-state index contributed by atoms with van der Waals surface area (Å²) in [5.74, 6) is 0. The molecule has 6 heteroatoms. The molecule has 28 heavy (non-hydrogen) atoms. The molecule has 0 rings (SSSR count). The molecule has 0 aliphatic rings. The summed E-state index contributed by atoms with van der Waals surface area (Å²) in [5.41, 5.74) is 0.0699. The summed E-state index contributed by atoms with van der Waals surface area (Å²) < 4.78 is 0. The molecule has 0 aromatic heterocycles. The Bertz CT molecular complexity index is 643. The Hall–Kier alpha value is -3.32. The quantitative estimate of drug-likeness (QED) is 0.272. The van der Waals surface area contributed by atoms with Gasteiger partial charge in [-0.15, -0.1) is 0 Å². The molecule has 0 saturated carbocycles. The van der Waals surface area contributed by atoms with E-state index in [1.807, 2.05) is 29.2 Å². The number of unbranched alkanes of at least 4 members (excludes halogenated alkanes) is 3. The van der Waals surface area contributed by atoms with E-state index < -0.39 is 0 Å². The number of rotatable bonds is 13. The summed E-state index contributed by atoms with van der Waals surface area (Å²) in [6.07, 6.45) is 14.2. The van der Waals surface area contributed by atoms with Crippen molar-refractivity contribution in [3.05, 3.63) is 47.9 Å². The summed E-state index contributed by atoms with van der Waals surface area (Å²) in [6, 6.07) is 7.24. The Kier molecular flexibility index (Phi) is 15.1. The summed E-state index contributed by atoms with van der Waals surface area (Å²) in [6.45, 7) is 8.42. The van der Waals surface area contributed by atoms with E-state index in [0.717, 1.165) is 45.4 Å². The SMILES string of the molecule is CCN(CC)CCCCCCN(C=CC=C(C#N)C#N)C=CC=C(C#N)C#N. The smallest absolute Gasteiger partial charge is 0.129 e. The Morgan fingerprint density at radius 3 is 1.50 bits per heavy atom. The highest BCUT2D eigenvalue weighted by molar-refractivity contribution is 5.38. The first kappa shape index (κ1) is 24.7. The topological polar surface area (TPSA) is 102 Å². The number of nitriles is 4.